The summed E-state index contributed by atoms with van der Waals surface area (Å²) in [7, 11) is 0. The molecule has 0 radical (unpaired) electrons. The second-order valence-corrected chi connectivity index (χ2v) is 3.28. The molecule has 0 aromatic rings. The van der Waals surface area contributed by atoms with E-state index in [-0.39, 0.29) is 5.54 Å². The van der Waals surface area contributed by atoms with E-state index in [9.17, 15) is 0 Å². The molecule has 0 aromatic heterocycles. The lowest BCUT2D eigenvalue weighted by atomic mass is 10.1. The van der Waals surface area contributed by atoms with Crippen LogP contribution >= 0.6 is 23.2 Å². The van der Waals surface area contributed by atoms with Crippen molar-refractivity contribution < 1.29 is 0 Å². The molecular weight excluding hydrogens is 169 g/mol. The number of alkyl halides is 1. The van der Waals surface area contributed by atoms with E-state index in [4.69, 9.17) is 23.2 Å². The van der Waals surface area contributed by atoms with Crippen LogP contribution in [0, 0.1) is 0 Å². The second kappa shape index (κ2) is 5.00. The Morgan fingerprint density at radius 1 is 1.50 bits per heavy atom. The monoisotopic (exact) mass is 181 g/mol. The molecule has 60 valence electrons. The minimum absolute atomic E-state index is 0.00203. The Balaban J connectivity index is 3.46. The molecule has 10 heavy (non-hydrogen) atoms. The molecule has 0 aromatic carbocycles. The Bertz CT molecular complexity index is 110. The van der Waals surface area contributed by atoms with E-state index in [1.807, 2.05) is 19.9 Å². The third kappa shape index (κ3) is 5.10. The standard InChI is InChI=1S/C7H13Cl2N/c1-7(2,6-9)10-5-3-4-8/h3-4,10H,5-6H2,1-2H3/b4-3+. The summed E-state index contributed by atoms with van der Waals surface area (Å²) in [6, 6.07) is 0. The molecule has 3 heteroatoms. The number of rotatable bonds is 4. The maximum absolute atomic E-state index is 5.65. The number of nitrogens with one attached hydrogen (secondary N) is 1. The molecule has 1 N–H and O–H groups in total. The zero-order chi connectivity index (χ0) is 8.04. The molecule has 0 spiro atoms. The summed E-state index contributed by atoms with van der Waals surface area (Å²) < 4.78 is 0. The summed E-state index contributed by atoms with van der Waals surface area (Å²) >= 11 is 11.0. The lowest BCUT2D eigenvalue weighted by Crippen LogP contribution is -2.40. The molecule has 0 amide bonds. The van der Waals surface area contributed by atoms with Crippen LogP contribution in [0.25, 0.3) is 0 Å². The zero-order valence-corrected chi connectivity index (χ0v) is 7.84. The van der Waals surface area contributed by atoms with Gasteiger partial charge >= 0.3 is 0 Å². The van der Waals surface area contributed by atoms with Crippen molar-refractivity contribution in [3.05, 3.63) is 11.6 Å². The van der Waals surface area contributed by atoms with Crippen molar-refractivity contribution in [1.29, 1.82) is 0 Å². The van der Waals surface area contributed by atoms with Crippen LogP contribution in [-0.4, -0.2) is 18.0 Å². The zero-order valence-electron chi connectivity index (χ0n) is 6.32. The fourth-order valence-corrected chi connectivity index (χ4v) is 0.611. The molecule has 0 aliphatic rings. The minimum atomic E-state index is -0.00203. The van der Waals surface area contributed by atoms with Gasteiger partial charge < -0.3 is 5.32 Å². The quantitative estimate of drug-likeness (QED) is 0.658. The summed E-state index contributed by atoms with van der Waals surface area (Å²) in [6.45, 7) is 4.85. The first kappa shape index (κ1) is 10.3. The van der Waals surface area contributed by atoms with Gasteiger partial charge in [-0.1, -0.05) is 17.7 Å². The Hall–Kier alpha value is 0.280. The molecule has 0 rings (SSSR count). The Kier molecular flexibility index (Phi) is 5.14. The van der Waals surface area contributed by atoms with Crippen LogP contribution in [0.4, 0.5) is 0 Å². The van der Waals surface area contributed by atoms with Gasteiger partial charge in [0.05, 0.1) is 0 Å². The Morgan fingerprint density at radius 2 is 2.10 bits per heavy atom. The largest absolute Gasteiger partial charge is 0.307 e. The van der Waals surface area contributed by atoms with Crippen LogP contribution in [-0.2, 0) is 0 Å². The van der Waals surface area contributed by atoms with Gasteiger partial charge in [-0.15, -0.1) is 11.6 Å². The molecule has 0 heterocycles. The predicted molar refractivity (Wildman–Crippen MR) is 47.8 cm³/mol. The van der Waals surface area contributed by atoms with Crippen molar-refractivity contribution in [2.75, 3.05) is 12.4 Å². The van der Waals surface area contributed by atoms with Crippen LogP contribution in [0.2, 0.25) is 0 Å². The molecule has 0 saturated carbocycles. The van der Waals surface area contributed by atoms with Crippen LogP contribution in [0.5, 0.6) is 0 Å². The van der Waals surface area contributed by atoms with E-state index < -0.39 is 0 Å². The molecule has 0 unspecified atom stereocenters. The van der Waals surface area contributed by atoms with E-state index in [0.717, 1.165) is 6.54 Å². The van der Waals surface area contributed by atoms with Gasteiger partial charge in [-0.3, -0.25) is 0 Å². The highest BCUT2D eigenvalue weighted by molar-refractivity contribution is 6.25. The molecule has 0 atom stereocenters. The lowest BCUT2D eigenvalue weighted by molar-refractivity contribution is 0.455. The van der Waals surface area contributed by atoms with Crippen molar-refractivity contribution in [3.63, 3.8) is 0 Å². The first-order chi connectivity index (χ1) is 4.62. The highest BCUT2D eigenvalue weighted by atomic mass is 35.5. The molecule has 0 aliphatic carbocycles. The molecule has 1 nitrogen and oxygen atoms in total. The Labute approximate surface area is 72.4 Å². The van der Waals surface area contributed by atoms with Gasteiger partial charge in [0.25, 0.3) is 0 Å². The lowest BCUT2D eigenvalue weighted by Gasteiger charge is -2.21. The molecular formula is C7H13Cl2N. The summed E-state index contributed by atoms with van der Waals surface area (Å²) in [5, 5.41) is 3.21. The topological polar surface area (TPSA) is 12.0 Å². The van der Waals surface area contributed by atoms with E-state index in [1.54, 1.807) is 0 Å². The first-order valence-corrected chi connectivity index (χ1v) is 4.16. The highest BCUT2D eigenvalue weighted by Crippen LogP contribution is 2.03. The molecule has 0 saturated heterocycles. The SMILES string of the molecule is CC(C)(CCl)NC/C=C/Cl. The first-order valence-electron chi connectivity index (χ1n) is 3.18. The van der Waals surface area contributed by atoms with Crippen molar-refractivity contribution in [3.8, 4) is 0 Å². The third-order valence-corrected chi connectivity index (χ3v) is 1.97. The normalized spacial score (nSPS) is 12.8. The van der Waals surface area contributed by atoms with Crippen LogP contribution in [0.15, 0.2) is 11.6 Å². The van der Waals surface area contributed by atoms with Crippen LogP contribution < -0.4 is 5.32 Å². The van der Waals surface area contributed by atoms with Gasteiger partial charge in [0.1, 0.15) is 0 Å². The van der Waals surface area contributed by atoms with Crippen LogP contribution in [0.3, 0.4) is 0 Å². The van der Waals surface area contributed by atoms with Crippen molar-refractivity contribution in [1.82, 2.24) is 5.32 Å². The smallest absolute Gasteiger partial charge is 0.0400 e. The summed E-state index contributed by atoms with van der Waals surface area (Å²) in [5.41, 5.74) is 1.50. The van der Waals surface area contributed by atoms with E-state index in [1.165, 1.54) is 5.54 Å². The van der Waals surface area contributed by atoms with Gasteiger partial charge in [-0.05, 0) is 13.8 Å². The molecule has 0 aliphatic heterocycles. The average Bonchev–Trinajstić information content (AvgIpc) is 1.89. The third-order valence-electron chi connectivity index (χ3n) is 1.12. The maximum atomic E-state index is 5.65. The molecule has 0 bridgehead atoms. The van der Waals surface area contributed by atoms with Gasteiger partial charge in [0.15, 0.2) is 0 Å². The van der Waals surface area contributed by atoms with Crippen molar-refractivity contribution in [2.45, 2.75) is 19.4 Å². The van der Waals surface area contributed by atoms with Gasteiger partial charge in [-0.25, -0.2) is 0 Å². The summed E-state index contributed by atoms with van der Waals surface area (Å²) in [5.74, 6) is 0.600. The maximum Gasteiger partial charge on any atom is 0.0400 e. The van der Waals surface area contributed by atoms with Gasteiger partial charge in [0, 0.05) is 23.5 Å². The highest BCUT2D eigenvalue weighted by Gasteiger charge is 2.12. The van der Waals surface area contributed by atoms with Crippen LogP contribution in [0.1, 0.15) is 13.8 Å². The number of hydrogen-bond acceptors (Lipinski definition) is 1. The van der Waals surface area contributed by atoms with E-state index in [0.29, 0.717) is 5.88 Å². The van der Waals surface area contributed by atoms with Gasteiger partial charge in [-0.2, -0.15) is 0 Å². The average molecular weight is 182 g/mol. The minimum Gasteiger partial charge on any atom is -0.307 e. The Morgan fingerprint density at radius 3 is 2.50 bits per heavy atom. The van der Waals surface area contributed by atoms with E-state index in [2.05, 4.69) is 5.32 Å². The number of hydrogen-bond donors (Lipinski definition) is 1. The fraction of sp³-hybridized carbons (Fsp3) is 0.714. The molecule has 0 fully saturated rings. The van der Waals surface area contributed by atoms with Crippen molar-refractivity contribution in [2.24, 2.45) is 0 Å². The predicted octanol–water partition coefficient (Wildman–Crippen LogP) is 2.35. The van der Waals surface area contributed by atoms with Gasteiger partial charge in [0.2, 0.25) is 0 Å². The van der Waals surface area contributed by atoms with Crippen molar-refractivity contribution >= 4 is 23.2 Å². The fourth-order valence-electron chi connectivity index (χ4n) is 0.427. The number of halogens is 2. The second-order valence-electron chi connectivity index (χ2n) is 2.76. The summed E-state index contributed by atoms with van der Waals surface area (Å²) in [4.78, 5) is 0. The van der Waals surface area contributed by atoms with E-state index >= 15 is 0 Å². The summed E-state index contributed by atoms with van der Waals surface area (Å²) in [6.07, 6.45) is 1.84.